The number of benzene rings is 1. The highest BCUT2D eigenvalue weighted by molar-refractivity contribution is 5.93. The molecule has 1 saturated heterocycles. The van der Waals surface area contributed by atoms with Crippen LogP contribution < -0.4 is 15.0 Å². The maximum Gasteiger partial charge on any atom is 0.225 e. The molecule has 0 atom stereocenters. The summed E-state index contributed by atoms with van der Waals surface area (Å²) >= 11 is 0. The van der Waals surface area contributed by atoms with Gasteiger partial charge in [0.25, 0.3) is 0 Å². The summed E-state index contributed by atoms with van der Waals surface area (Å²) in [6.45, 7) is 9.34. The summed E-state index contributed by atoms with van der Waals surface area (Å²) in [6.07, 6.45) is 0.470. The molecule has 0 aromatic heterocycles. The fourth-order valence-corrected chi connectivity index (χ4v) is 2.49. The van der Waals surface area contributed by atoms with Gasteiger partial charge in [-0.25, -0.2) is 0 Å². The van der Waals surface area contributed by atoms with E-state index in [2.05, 4.69) is 10.2 Å². The minimum absolute atomic E-state index is 0.00456. The molecule has 5 nitrogen and oxygen atoms in total. The van der Waals surface area contributed by atoms with Crippen molar-refractivity contribution in [2.75, 3.05) is 43.6 Å². The lowest BCUT2D eigenvalue weighted by Crippen LogP contribution is -2.36. The molecule has 0 unspecified atom stereocenters. The van der Waals surface area contributed by atoms with Crippen LogP contribution in [0.3, 0.4) is 0 Å². The number of anilines is 2. The molecule has 0 bridgehead atoms. The van der Waals surface area contributed by atoms with Crippen LogP contribution in [0.5, 0.6) is 5.75 Å². The molecular weight excluding hydrogens is 280 g/mol. The Hall–Kier alpha value is -1.75. The number of nitrogens with zero attached hydrogens (tertiary/aromatic N) is 1. The van der Waals surface area contributed by atoms with Crippen molar-refractivity contribution < 1.29 is 14.3 Å². The van der Waals surface area contributed by atoms with Gasteiger partial charge in [0.2, 0.25) is 5.91 Å². The first-order valence-corrected chi connectivity index (χ1v) is 7.70. The average molecular weight is 306 g/mol. The van der Waals surface area contributed by atoms with E-state index in [0.717, 1.165) is 37.7 Å². The lowest BCUT2D eigenvalue weighted by atomic mass is 9.92. The lowest BCUT2D eigenvalue weighted by molar-refractivity contribution is -0.117. The number of carbonyl (C=O) groups excluding carboxylic acids is 1. The number of carbonyl (C=O) groups is 1. The second kappa shape index (κ2) is 7.01. The van der Waals surface area contributed by atoms with Crippen LogP contribution in [0, 0.1) is 5.41 Å². The summed E-state index contributed by atoms with van der Waals surface area (Å²) in [5.74, 6) is 0.684. The molecule has 1 heterocycles. The van der Waals surface area contributed by atoms with Gasteiger partial charge in [0.15, 0.2) is 0 Å². The number of morpholine rings is 1. The predicted molar refractivity (Wildman–Crippen MR) is 88.7 cm³/mol. The van der Waals surface area contributed by atoms with Crippen molar-refractivity contribution in [2.45, 2.75) is 27.2 Å². The summed E-state index contributed by atoms with van der Waals surface area (Å²) in [6, 6.07) is 5.89. The molecule has 22 heavy (non-hydrogen) atoms. The van der Waals surface area contributed by atoms with Crippen molar-refractivity contribution in [2.24, 2.45) is 5.41 Å². The summed E-state index contributed by atoms with van der Waals surface area (Å²) in [4.78, 5) is 14.4. The van der Waals surface area contributed by atoms with E-state index in [1.807, 2.05) is 39.0 Å². The van der Waals surface area contributed by atoms with Crippen LogP contribution in [0.25, 0.3) is 0 Å². The molecule has 0 spiro atoms. The van der Waals surface area contributed by atoms with E-state index in [1.165, 1.54) is 0 Å². The lowest BCUT2D eigenvalue weighted by Gasteiger charge is -2.29. The summed E-state index contributed by atoms with van der Waals surface area (Å²) in [5.41, 5.74) is 1.76. The first-order valence-electron chi connectivity index (χ1n) is 7.70. The van der Waals surface area contributed by atoms with Crippen molar-refractivity contribution in [3.05, 3.63) is 18.2 Å². The second-order valence-corrected chi connectivity index (χ2v) is 6.77. The monoisotopic (exact) mass is 306 g/mol. The molecule has 1 amide bonds. The number of amides is 1. The zero-order valence-corrected chi connectivity index (χ0v) is 13.9. The van der Waals surface area contributed by atoms with Gasteiger partial charge in [-0.05, 0) is 23.6 Å². The van der Waals surface area contributed by atoms with Crippen LogP contribution in [0.15, 0.2) is 18.2 Å². The Morgan fingerprint density at radius 3 is 2.59 bits per heavy atom. The Balaban J connectivity index is 2.15. The van der Waals surface area contributed by atoms with Gasteiger partial charge in [-0.2, -0.15) is 0 Å². The highest BCUT2D eigenvalue weighted by Gasteiger charge is 2.18. The van der Waals surface area contributed by atoms with Gasteiger partial charge in [0.05, 0.1) is 26.0 Å². The van der Waals surface area contributed by atoms with Gasteiger partial charge in [-0.15, -0.1) is 0 Å². The predicted octanol–water partition coefficient (Wildman–Crippen LogP) is 2.91. The number of rotatable bonds is 4. The number of methoxy groups -OCH3 is 1. The second-order valence-electron chi connectivity index (χ2n) is 6.77. The maximum absolute atomic E-state index is 12.2. The van der Waals surface area contributed by atoms with Crippen LogP contribution in [0.2, 0.25) is 0 Å². The van der Waals surface area contributed by atoms with Crippen LogP contribution in [-0.4, -0.2) is 39.3 Å². The molecule has 0 aliphatic carbocycles. The Kier molecular flexibility index (Phi) is 5.29. The van der Waals surface area contributed by atoms with E-state index in [-0.39, 0.29) is 11.3 Å². The third kappa shape index (κ3) is 4.63. The normalized spacial score (nSPS) is 15.5. The van der Waals surface area contributed by atoms with E-state index in [4.69, 9.17) is 9.47 Å². The molecular formula is C17H26N2O3. The number of hydrogen-bond acceptors (Lipinski definition) is 4. The van der Waals surface area contributed by atoms with Crippen molar-refractivity contribution in [1.82, 2.24) is 0 Å². The smallest absolute Gasteiger partial charge is 0.225 e. The molecule has 1 aliphatic rings. The van der Waals surface area contributed by atoms with E-state index in [0.29, 0.717) is 12.2 Å². The van der Waals surface area contributed by atoms with Crippen molar-refractivity contribution in [3.63, 3.8) is 0 Å². The molecule has 0 saturated carbocycles. The van der Waals surface area contributed by atoms with Gasteiger partial charge in [-0.1, -0.05) is 20.8 Å². The van der Waals surface area contributed by atoms with E-state index in [9.17, 15) is 4.79 Å². The highest BCUT2D eigenvalue weighted by Crippen LogP contribution is 2.31. The minimum Gasteiger partial charge on any atom is -0.495 e. The highest BCUT2D eigenvalue weighted by atomic mass is 16.5. The largest absolute Gasteiger partial charge is 0.495 e. The first kappa shape index (κ1) is 16.6. The standard InChI is InChI=1S/C17H26N2O3/c1-17(2,3)12-16(20)18-14-11-13(5-6-15(14)21-4)19-7-9-22-10-8-19/h5-6,11H,7-10,12H2,1-4H3,(H,18,20). The minimum atomic E-state index is -0.0425. The summed E-state index contributed by atoms with van der Waals surface area (Å²) in [7, 11) is 1.61. The van der Waals surface area contributed by atoms with Crippen molar-refractivity contribution in [1.29, 1.82) is 0 Å². The molecule has 1 fully saturated rings. The van der Waals surface area contributed by atoms with E-state index < -0.39 is 0 Å². The maximum atomic E-state index is 12.2. The van der Waals surface area contributed by atoms with Gasteiger partial charge >= 0.3 is 0 Å². The summed E-state index contributed by atoms with van der Waals surface area (Å²) < 4.78 is 10.7. The van der Waals surface area contributed by atoms with Crippen LogP contribution >= 0.6 is 0 Å². The Morgan fingerprint density at radius 1 is 1.32 bits per heavy atom. The molecule has 5 heteroatoms. The van der Waals surface area contributed by atoms with Gasteiger partial charge < -0.3 is 19.7 Å². The van der Waals surface area contributed by atoms with Gasteiger partial charge in [0, 0.05) is 25.2 Å². The van der Waals surface area contributed by atoms with E-state index in [1.54, 1.807) is 7.11 Å². The number of hydrogen-bond donors (Lipinski definition) is 1. The topological polar surface area (TPSA) is 50.8 Å². The van der Waals surface area contributed by atoms with Crippen LogP contribution in [0.1, 0.15) is 27.2 Å². The average Bonchev–Trinajstić information content (AvgIpc) is 2.46. The van der Waals surface area contributed by atoms with Crippen LogP contribution in [0.4, 0.5) is 11.4 Å². The molecule has 1 aromatic carbocycles. The van der Waals surface area contributed by atoms with Gasteiger partial charge in [0.1, 0.15) is 5.75 Å². The van der Waals surface area contributed by atoms with E-state index >= 15 is 0 Å². The SMILES string of the molecule is COc1ccc(N2CCOCC2)cc1NC(=O)CC(C)(C)C. The van der Waals surface area contributed by atoms with Crippen molar-refractivity contribution in [3.8, 4) is 5.75 Å². The number of ether oxygens (including phenoxy) is 2. The zero-order chi connectivity index (χ0) is 16.2. The zero-order valence-electron chi connectivity index (χ0n) is 13.9. The Labute approximate surface area is 132 Å². The Morgan fingerprint density at radius 2 is 2.00 bits per heavy atom. The fraction of sp³-hybridized carbons (Fsp3) is 0.588. The molecule has 1 N–H and O–H groups in total. The third-order valence-corrected chi connectivity index (χ3v) is 3.52. The summed E-state index contributed by atoms with van der Waals surface area (Å²) in [5, 5.41) is 2.98. The van der Waals surface area contributed by atoms with Gasteiger partial charge in [-0.3, -0.25) is 4.79 Å². The Bertz CT molecular complexity index is 517. The molecule has 1 aromatic rings. The van der Waals surface area contributed by atoms with Crippen LogP contribution in [-0.2, 0) is 9.53 Å². The first-order chi connectivity index (χ1) is 10.4. The molecule has 122 valence electrons. The molecule has 2 rings (SSSR count). The third-order valence-electron chi connectivity index (χ3n) is 3.52. The molecule has 0 radical (unpaired) electrons. The quantitative estimate of drug-likeness (QED) is 0.929. The number of nitrogens with one attached hydrogen (secondary N) is 1. The van der Waals surface area contributed by atoms with Crippen molar-refractivity contribution >= 4 is 17.3 Å². The fourth-order valence-electron chi connectivity index (χ4n) is 2.49. The molecule has 1 aliphatic heterocycles.